The summed E-state index contributed by atoms with van der Waals surface area (Å²) in [5.41, 5.74) is -3.40. The van der Waals surface area contributed by atoms with Crippen LogP contribution in [0.15, 0.2) is 15.8 Å². The van der Waals surface area contributed by atoms with Gasteiger partial charge in [-0.1, -0.05) is 34.9 Å². The van der Waals surface area contributed by atoms with E-state index in [1.807, 2.05) is 0 Å². The molecule has 1 saturated heterocycles. The van der Waals surface area contributed by atoms with Crippen LogP contribution in [0.4, 0.5) is 0 Å². The largest absolute Gasteiger partial charge is 0.472 e. The molecule has 1 aliphatic heterocycles. The number of hydrogen-bond donors (Lipinski definition) is 3. The van der Waals surface area contributed by atoms with Gasteiger partial charge in [0.25, 0.3) is 5.56 Å². The van der Waals surface area contributed by atoms with Crippen molar-refractivity contribution in [1.82, 2.24) is 9.55 Å². The van der Waals surface area contributed by atoms with Crippen LogP contribution in [0, 0.1) is 12.3 Å². The highest BCUT2D eigenvalue weighted by Crippen LogP contribution is 2.49. The number of aliphatic hydroxyl groups excluding tert-OH is 1. The number of aliphatic hydroxyl groups is 1. The Hall–Kier alpha value is -1.69. The third kappa shape index (κ3) is 10.2. The van der Waals surface area contributed by atoms with Crippen molar-refractivity contribution in [3.8, 4) is 0 Å². The topological polar surface area (TPSA) is 202 Å². The molecule has 1 fully saturated rings. The molecule has 0 amide bonds. The summed E-state index contributed by atoms with van der Waals surface area (Å²) in [5, 5.41) is 9.77. The quantitative estimate of drug-likeness (QED) is 0.0485. The van der Waals surface area contributed by atoms with Crippen LogP contribution in [0.25, 0.3) is 0 Å². The Balaban J connectivity index is 2.19. The average molecular weight is 659 g/mol. The van der Waals surface area contributed by atoms with Gasteiger partial charge in [0.15, 0.2) is 0 Å². The van der Waals surface area contributed by atoms with Crippen LogP contribution < -0.4 is 11.2 Å². The van der Waals surface area contributed by atoms with Crippen molar-refractivity contribution in [2.45, 2.75) is 65.4 Å². The number of phosphoric acid groups is 1. The number of rotatable bonds is 19. The monoisotopic (exact) mass is 658 g/mol. The number of carbonyl (C=O) groups is 2. The maximum atomic E-state index is 13.0. The second-order valence-electron chi connectivity index (χ2n) is 9.19. The Morgan fingerprint density at radius 3 is 2.43 bits per heavy atom. The smallest absolute Gasteiger partial charge is 0.465 e. The Morgan fingerprint density at radius 2 is 1.83 bits per heavy atom. The zero-order valence-corrected chi connectivity index (χ0v) is 26.5. The van der Waals surface area contributed by atoms with Crippen LogP contribution in [-0.2, 0) is 42.1 Å². The number of phosphoric ester groups is 1. The van der Waals surface area contributed by atoms with Crippen LogP contribution in [0.3, 0.4) is 0 Å². The fourth-order valence-corrected chi connectivity index (χ4v) is 6.65. The molecule has 1 aromatic rings. The number of nitrogens with zero attached hydrogens (tertiary/aromatic N) is 1. The van der Waals surface area contributed by atoms with Crippen LogP contribution in [0.1, 0.15) is 51.8 Å². The van der Waals surface area contributed by atoms with Crippen molar-refractivity contribution < 1.29 is 52.1 Å². The minimum atomic E-state index is -5.03. The lowest BCUT2D eigenvalue weighted by Crippen LogP contribution is -2.49. The van der Waals surface area contributed by atoms with Gasteiger partial charge in [0.2, 0.25) is 5.41 Å². The van der Waals surface area contributed by atoms with Crippen molar-refractivity contribution in [3.05, 3.63) is 32.6 Å². The molecule has 0 saturated carbocycles. The minimum absolute atomic E-state index is 0.0997. The van der Waals surface area contributed by atoms with Crippen LogP contribution in [0.5, 0.6) is 0 Å². The van der Waals surface area contributed by atoms with E-state index in [1.54, 1.807) is 10.8 Å². The second-order valence-corrected chi connectivity index (χ2v) is 13.1. The third-order valence-electron chi connectivity index (χ3n) is 6.04. The molecule has 1 aliphatic rings. The van der Waals surface area contributed by atoms with E-state index < -0.39 is 74.7 Å². The lowest BCUT2D eigenvalue weighted by molar-refractivity contribution is -0.179. The molecule has 0 aromatic carbocycles. The molecule has 15 nitrogen and oxygen atoms in total. The van der Waals surface area contributed by atoms with E-state index in [0.29, 0.717) is 0 Å². The highest BCUT2D eigenvalue weighted by molar-refractivity contribution is 8.76. The van der Waals surface area contributed by atoms with Crippen molar-refractivity contribution in [3.63, 3.8) is 0 Å². The molecule has 4 atom stereocenters. The standard InChI is InChI=1S/C24H39N2O13PS2/c1-5-8-9-41-42-15-34-13-24(21(29)35-6-2,22(30)36-7-3)14-37-40(32,33)39-17-10-19(38-18(17)12-27)26-11-16(4)20(28)25-23(26)31/h11,17-19,27H,5-10,12-15H2,1-4H3,(H,32,33)(H,25,28,31)/t17?,18-,19-/m1/s1. The lowest BCUT2D eigenvalue weighted by atomic mass is 9.90. The number of aromatic amines is 1. The molecule has 3 N–H and O–H groups in total. The van der Waals surface area contributed by atoms with Crippen molar-refractivity contribution in [2.75, 3.05) is 44.7 Å². The number of hydrogen-bond acceptors (Lipinski definition) is 14. The fraction of sp³-hybridized carbons (Fsp3) is 0.750. The summed E-state index contributed by atoms with van der Waals surface area (Å²) in [5.74, 6) is -1.16. The number of unbranched alkanes of at least 4 members (excludes halogenated alkanes) is 1. The molecule has 0 spiro atoms. The molecular weight excluding hydrogens is 619 g/mol. The first-order valence-corrected chi connectivity index (χ1v) is 17.3. The highest BCUT2D eigenvalue weighted by Gasteiger charge is 2.52. The Bertz CT molecular complexity index is 1180. The number of carbonyl (C=O) groups excluding carboxylic acids is 2. The van der Waals surface area contributed by atoms with E-state index in [0.717, 1.165) is 23.2 Å². The first kappa shape index (κ1) is 36.5. The van der Waals surface area contributed by atoms with Crippen LogP contribution >= 0.6 is 29.4 Å². The summed E-state index contributed by atoms with van der Waals surface area (Å²) < 4.78 is 45.8. The SMILES string of the molecule is CCCCSSCOCC(COP(=O)(O)OC1C[C@H](n2cc(C)c(=O)[nH]c2=O)O[C@@H]1CO)(C(=O)OCC)C(=O)OCC. The molecule has 2 unspecified atom stereocenters. The van der Waals surface area contributed by atoms with Gasteiger partial charge in [0, 0.05) is 23.9 Å². The first-order chi connectivity index (χ1) is 19.9. The van der Waals surface area contributed by atoms with Gasteiger partial charge >= 0.3 is 25.5 Å². The number of H-pyrrole nitrogens is 1. The first-order valence-electron chi connectivity index (χ1n) is 13.3. The maximum Gasteiger partial charge on any atom is 0.472 e. The van der Waals surface area contributed by atoms with Gasteiger partial charge in [-0.05, 0) is 27.2 Å². The van der Waals surface area contributed by atoms with Gasteiger partial charge in [-0.15, -0.1) is 0 Å². The molecule has 2 rings (SSSR count). The zero-order valence-electron chi connectivity index (χ0n) is 24.0. The summed E-state index contributed by atoms with van der Waals surface area (Å²) in [6, 6.07) is 0. The van der Waals surface area contributed by atoms with Gasteiger partial charge in [-0.2, -0.15) is 0 Å². The van der Waals surface area contributed by atoms with Crippen LogP contribution in [-0.4, -0.2) is 88.4 Å². The van der Waals surface area contributed by atoms with Crippen LogP contribution in [0.2, 0.25) is 0 Å². The van der Waals surface area contributed by atoms with Gasteiger partial charge in [0.05, 0.1) is 33.0 Å². The molecule has 2 heterocycles. The third-order valence-corrected chi connectivity index (χ3v) is 9.20. The summed E-state index contributed by atoms with van der Waals surface area (Å²) in [4.78, 5) is 62.7. The second kappa shape index (κ2) is 17.6. The van der Waals surface area contributed by atoms with Gasteiger partial charge < -0.3 is 28.9 Å². The molecule has 240 valence electrons. The van der Waals surface area contributed by atoms with E-state index >= 15 is 0 Å². The molecule has 0 radical (unpaired) electrons. The van der Waals surface area contributed by atoms with Crippen molar-refractivity contribution >= 4 is 41.3 Å². The number of esters is 2. The Labute approximate surface area is 250 Å². The summed E-state index contributed by atoms with van der Waals surface area (Å²) in [7, 11) is -2.10. The molecule has 1 aromatic heterocycles. The van der Waals surface area contributed by atoms with E-state index in [2.05, 4.69) is 11.9 Å². The Morgan fingerprint density at radius 1 is 1.17 bits per heavy atom. The summed E-state index contributed by atoms with van der Waals surface area (Å²) >= 11 is 0. The zero-order chi connectivity index (χ0) is 31.3. The number of aryl methyl sites for hydroxylation is 1. The highest BCUT2D eigenvalue weighted by atomic mass is 33.1. The van der Waals surface area contributed by atoms with Gasteiger partial charge in [-0.25, -0.2) is 9.36 Å². The number of nitrogens with one attached hydrogen (secondary N) is 1. The van der Waals surface area contributed by atoms with Crippen molar-refractivity contribution in [1.29, 1.82) is 0 Å². The van der Waals surface area contributed by atoms with E-state index in [4.69, 9.17) is 28.0 Å². The molecule has 0 bridgehead atoms. The van der Waals surface area contributed by atoms with Gasteiger partial charge in [-0.3, -0.25) is 33.0 Å². The van der Waals surface area contributed by atoms with E-state index in [1.165, 1.54) is 37.8 Å². The molecular formula is C24H39N2O13PS2. The molecule has 42 heavy (non-hydrogen) atoms. The van der Waals surface area contributed by atoms with Crippen molar-refractivity contribution in [2.24, 2.45) is 5.41 Å². The van der Waals surface area contributed by atoms with E-state index in [9.17, 15) is 33.7 Å². The summed E-state index contributed by atoms with van der Waals surface area (Å²) in [6.45, 7) is 4.20. The number of ether oxygens (including phenoxy) is 4. The predicted molar refractivity (Wildman–Crippen MR) is 154 cm³/mol. The molecule has 18 heteroatoms. The number of aromatic nitrogens is 2. The Kier molecular flexibility index (Phi) is 15.3. The normalized spacial score (nSPS) is 20.3. The predicted octanol–water partition coefficient (Wildman–Crippen LogP) is 1.90. The maximum absolute atomic E-state index is 13.0. The molecule has 0 aliphatic carbocycles. The fourth-order valence-electron chi connectivity index (χ4n) is 3.78. The average Bonchev–Trinajstić information content (AvgIpc) is 3.33. The minimum Gasteiger partial charge on any atom is -0.465 e. The summed E-state index contributed by atoms with van der Waals surface area (Å²) in [6.07, 6.45) is -0.326. The van der Waals surface area contributed by atoms with E-state index in [-0.39, 0.29) is 31.1 Å². The van der Waals surface area contributed by atoms with Gasteiger partial charge in [0.1, 0.15) is 24.4 Å². The lowest BCUT2D eigenvalue weighted by Gasteiger charge is -2.29.